The normalized spacial score (nSPS) is 19.8. The second-order valence-corrected chi connectivity index (χ2v) is 7.75. The first-order valence-electron chi connectivity index (χ1n) is 9.01. The molecule has 0 unspecified atom stereocenters. The van der Waals surface area contributed by atoms with Crippen molar-refractivity contribution in [3.05, 3.63) is 28.6 Å². The Morgan fingerprint density at radius 2 is 2.08 bits per heavy atom. The maximum Gasteiger partial charge on any atom is 0.226 e. The Bertz CT molecular complexity index is 814. The minimum atomic E-state index is -0.0206. The summed E-state index contributed by atoms with van der Waals surface area (Å²) < 4.78 is 11.7. The van der Waals surface area contributed by atoms with Crippen LogP contribution in [-0.2, 0) is 4.79 Å². The summed E-state index contributed by atoms with van der Waals surface area (Å²) in [6.45, 7) is 0. The van der Waals surface area contributed by atoms with E-state index in [1.165, 1.54) is 12.8 Å². The molecule has 1 aromatic heterocycles. The molecule has 138 valence electrons. The van der Waals surface area contributed by atoms with Crippen LogP contribution in [0.3, 0.4) is 0 Å². The number of anilines is 2. The number of aromatic nitrogens is 1. The van der Waals surface area contributed by atoms with Gasteiger partial charge in [-0.1, -0.05) is 17.4 Å². The zero-order valence-corrected chi connectivity index (χ0v) is 15.8. The van der Waals surface area contributed by atoms with Gasteiger partial charge in [-0.2, -0.15) is 0 Å². The lowest BCUT2D eigenvalue weighted by atomic mass is 9.91. The predicted octanol–water partition coefficient (Wildman–Crippen LogP) is 3.99. The van der Waals surface area contributed by atoms with Gasteiger partial charge >= 0.3 is 0 Å². The van der Waals surface area contributed by atoms with E-state index in [2.05, 4.69) is 15.6 Å². The van der Waals surface area contributed by atoms with Gasteiger partial charge in [-0.3, -0.25) is 4.79 Å². The number of benzene rings is 1. The van der Waals surface area contributed by atoms with E-state index in [-0.39, 0.29) is 17.9 Å². The molecule has 0 bridgehead atoms. The van der Waals surface area contributed by atoms with Crippen molar-refractivity contribution in [2.75, 3.05) is 24.8 Å². The predicted molar refractivity (Wildman–Crippen MR) is 103 cm³/mol. The van der Waals surface area contributed by atoms with E-state index in [9.17, 15) is 4.79 Å². The molecule has 26 heavy (non-hydrogen) atoms. The average Bonchev–Trinajstić information content (AvgIpc) is 3.30. The number of carbonyl (C=O) groups is 1. The van der Waals surface area contributed by atoms with E-state index in [1.54, 1.807) is 18.4 Å². The molecule has 2 heterocycles. The number of hydrogen-bond acceptors (Lipinski definition) is 6. The average molecular weight is 373 g/mol. The largest absolute Gasteiger partial charge is 0.493 e. The second kappa shape index (κ2) is 7.15. The molecule has 2 N–H and O–H groups in total. The highest BCUT2D eigenvalue weighted by Crippen LogP contribution is 2.44. The first-order chi connectivity index (χ1) is 12.7. The third kappa shape index (κ3) is 3.23. The molecule has 6 nitrogen and oxygen atoms in total. The Morgan fingerprint density at radius 3 is 2.81 bits per heavy atom. The van der Waals surface area contributed by atoms with Crippen LogP contribution in [0.4, 0.5) is 10.9 Å². The Balaban J connectivity index is 1.65. The van der Waals surface area contributed by atoms with E-state index >= 15 is 0 Å². The van der Waals surface area contributed by atoms with Crippen LogP contribution >= 0.6 is 11.3 Å². The highest BCUT2D eigenvalue weighted by molar-refractivity contribution is 7.16. The Kier molecular flexibility index (Phi) is 4.72. The molecule has 1 saturated carbocycles. The summed E-state index contributed by atoms with van der Waals surface area (Å²) in [4.78, 5) is 17.6. The maximum absolute atomic E-state index is 12.1. The molecule has 2 aliphatic rings. The van der Waals surface area contributed by atoms with Gasteiger partial charge < -0.3 is 20.1 Å². The second-order valence-electron chi connectivity index (χ2n) is 6.72. The minimum absolute atomic E-state index is 0.0132. The fourth-order valence-corrected chi connectivity index (χ4v) is 4.68. The van der Waals surface area contributed by atoms with Gasteiger partial charge in [0.15, 0.2) is 16.6 Å². The number of carbonyl (C=O) groups excluding carboxylic acids is 1. The molecule has 0 saturated heterocycles. The van der Waals surface area contributed by atoms with Gasteiger partial charge in [0.05, 0.1) is 18.1 Å². The summed E-state index contributed by atoms with van der Waals surface area (Å²) in [5.41, 5.74) is 1.04. The van der Waals surface area contributed by atoms with Crippen molar-refractivity contribution in [3.8, 4) is 11.5 Å². The lowest BCUT2D eigenvalue weighted by molar-refractivity contribution is -0.116. The van der Waals surface area contributed by atoms with Gasteiger partial charge in [-0.15, -0.1) is 0 Å². The van der Waals surface area contributed by atoms with Crippen LogP contribution in [0.25, 0.3) is 0 Å². The van der Waals surface area contributed by atoms with Crippen LogP contribution in [0, 0.1) is 0 Å². The van der Waals surface area contributed by atoms with Crippen molar-refractivity contribution in [1.82, 2.24) is 4.98 Å². The van der Waals surface area contributed by atoms with Crippen LogP contribution in [0.5, 0.6) is 11.5 Å². The van der Waals surface area contributed by atoms with E-state index < -0.39 is 0 Å². The van der Waals surface area contributed by atoms with E-state index in [1.807, 2.05) is 25.2 Å². The number of nitrogens with one attached hydrogen (secondary N) is 2. The van der Waals surface area contributed by atoms with E-state index in [0.29, 0.717) is 12.2 Å². The number of hydrogen-bond donors (Lipinski definition) is 2. The Labute approximate surface area is 156 Å². The third-order valence-electron chi connectivity index (χ3n) is 5.02. The molecule has 1 amide bonds. The Hall–Kier alpha value is -2.28. The van der Waals surface area contributed by atoms with Crippen LogP contribution < -0.4 is 20.1 Å². The number of nitrogens with zero attached hydrogens (tertiary/aromatic N) is 1. The summed E-state index contributed by atoms with van der Waals surface area (Å²) in [6.07, 6.45) is 5.34. The van der Waals surface area contributed by atoms with Crippen molar-refractivity contribution in [2.24, 2.45) is 0 Å². The molecule has 7 heteroatoms. The molecule has 1 aliphatic heterocycles. The van der Waals surface area contributed by atoms with Crippen molar-refractivity contribution in [1.29, 1.82) is 0 Å². The highest BCUT2D eigenvalue weighted by atomic mass is 32.1. The fraction of sp³-hybridized carbons (Fsp3) is 0.474. The number of methoxy groups -OCH3 is 1. The number of rotatable bonds is 5. The van der Waals surface area contributed by atoms with Crippen molar-refractivity contribution in [2.45, 2.75) is 44.1 Å². The molecule has 1 aromatic carbocycles. The summed E-state index contributed by atoms with van der Waals surface area (Å²) >= 11 is 1.58. The highest BCUT2D eigenvalue weighted by Gasteiger charge is 2.31. The Morgan fingerprint density at radius 1 is 1.27 bits per heavy atom. The van der Waals surface area contributed by atoms with Crippen molar-refractivity contribution in [3.63, 3.8) is 0 Å². The summed E-state index contributed by atoms with van der Waals surface area (Å²) in [7, 11) is 3.49. The van der Waals surface area contributed by atoms with Crippen LogP contribution in [0.15, 0.2) is 18.2 Å². The number of fused-ring (bicyclic) bond motifs is 1. The lowest BCUT2D eigenvalue weighted by Crippen LogP contribution is -2.22. The molecule has 1 fully saturated rings. The maximum atomic E-state index is 12.1. The SMILES string of the molecule is CNc1nc2c(s1)[C@H](c1ccc(OC3CCCC3)c(OC)c1)CC(=O)N2. The molecule has 2 aromatic rings. The van der Waals surface area contributed by atoms with Crippen LogP contribution in [-0.4, -0.2) is 31.2 Å². The smallest absolute Gasteiger partial charge is 0.226 e. The van der Waals surface area contributed by atoms with E-state index in [4.69, 9.17) is 9.47 Å². The third-order valence-corrected chi connectivity index (χ3v) is 6.20. The quantitative estimate of drug-likeness (QED) is 0.829. The van der Waals surface area contributed by atoms with Gasteiger partial charge in [-0.05, 0) is 43.4 Å². The number of thiazole rings is 1. The molecular weight excluding hydrogens is 350 g/mol. The lowest BCUT2D eigenvalue weighted by Gasteiger charge is -2.23. The standard InChI is InChI=1S/C19H23N3O3S/c1-20-19-22-18-17(26-19)13(10-16(23)21-18)11-7-8-14(15(9-11)24-2)25-12-5-3-4-6-12/h7-9,12-13H,3-6,10H2,1-2H3,(H,20,22)(H,21,23)/t13-/m0/s1. The zero-order chi connectivity index (χ0) is 18.1. The van der Waals surface area contributed by atoms with Crippen molar-refractivity contribution >= 4 is 28.2 Å². The van der Waals surface area contributed by atoms with Gasteiger partial charge in [0.2, 0.25) is 5.91 Å². The van der Waals surface area contributed by atoms with E-state index in [0.717, 1.165) is 39.9 Å². The molecule has 1 atom stereocenters. The molecule has 1 aliphatic carbocycles. The number of ether oxygens (including phenoxy) is 2. The van der Waals surface area contributed by atoms with Gasteiger partial charge in [0, 0.05) is 19.4 Å². The summed E-state index contributed by atoms with van der Waals surface area (Å²) in [5.74, 6) is 2.13. The first kappa shape index (κ1) is 17.1. The fourth-order valence-electron chi connectivity index (χ4n) is 3.68. The topological polar surface area (TPSA) is 72.5 Å². The summed E-state index contributed by atoms with van der Waals surface area (Å²) in [5, 5.41) is 6.72. The van der Waals surface area contributed by atoms with Crippen LogP contribution in [0.1, 0.15) is 48.5 Å². The van der Waals surface area contributed by atoms with Gasteiger partial charge in [0.1, 0.15) is 5.82 Å². The number of amides is 1. The van der Waals surface area contributed by atoms with Crippen LogP contribution in [0.2, 0.25) is 0 Å². The zero-order valence-electron chi connectivity index (χ0n) is 15.0. The van der Waals surface area contributed by atoms with Gasteiger partial charge in [-0.25, -0.2) is 4.98 Å². The molecule has 4 rings (SSSR count). The monoisotopic (exact) mass is 373 g/mol. The minimum Gasteiger partial charge on any atom is -0.493 e. The first-order valence-corrected chi connectivity index (χ1v) is 9.82. The van der Waals surface area contributed by atoms with Gasteiger partial charge in [0.25, 0.3) is 0 Å². The van der Waals surface area contributed by atoms with Crippen molar-refractivity contribution < 1.29 is 14.3 Å². The molecule has 0 spiro atoms. The summed E-state index contributed by atoms with van der Waals surface area (Å²) in [6, 6.07) is 6.01. The molecule has 0 radical (unpaired) electrons. The molecular formula is C19H23N3O3S.